The molecule has 1 amide bonds. The highest BCUT2D eigenvalue weighted by molar-refractivity contribution is 7.88. The maximum atomic E-state index is 13.1. The fourth-order valence-corrected chi connectivity index (χ4v) is 6.14. The van der Waals surface area contributed by atoms with Gasteiger partial charge in [0.05, 0.1) is 25.0 Å². The first-order chi connectivity index (χ1) is 14.3. The monoisotopic (exact) mass is 456 g/mol. The molecule has 3 heterocycles. The second-order valence-electron chi connectivity index (χ2n) is 8.54. The third-order valence-electron chi connectivity index (χ3n) is 6.41. The maximum absolute atomic E-state index is 13.1. The van der Waals surface area contributed by atoms with E-state index in [4.69, 9.17) is 21.1 Å². The Hall–Kier alpha value is -1.35. The van der Waals surface area contributed by atoms with Gasteiger partial charge in [-0.25, -0.2) is 13.1 Å². The zero-order valence-corrected chi connectivity index (χ0v) is 18.8. The average Bonchev–Trinajstić information content (AvgIpc) is 2.71. The summed E-state index contributed by atoms with van der Waals surface area (Å²) in [5.41, 5.74) is 0.983. The first-order valence-corrected chi connectivity index (χ1v) is 12.9. The van der Waals surface area contributed by atoms with Crippen molar-refractivity contribution in [2.45, 2.75) is 62.6 Å². The van der Waals surface area contributed by atoms with E-state index in [9.17, 15) is 13.2 Å². The van der Waals surface area contributed by atoms with E-state index in [1.54, 1.807) is 4.90 Å². The van der Waals surface area contributed by atoms with Gasteiger partial charge in [0.2, 0.25) is 10.0 Å². The quantitative estimate of drug-likeness (QED) is 0.739. The van der Waals surface area contributed by atoms with E-state index in [0.717, 1.165) is 43.9 Å². The van der Waals surface area contributed by atoms with E-state index in [2.05, 4.69) is 4.72 Å². The van der Waals surface area contributed by atoms with Gasteiger partial charge in [0.15, 0.2) is 6.61 Å². The Balaban J connectivity index is 1.63. The van der Waals surface area contributed by atoms with Crippen molar-refractivity contribution < 1.29 is 22.7 Å². The third-order valence-corrected chi connectivity index (χ3v) is 7.47. The minimum atomic E-state index is -3.39. The van der Waals surface area contributed by atoms with Crippen LogP contribution < -0.4 is 9.46 Å². The molecule has 1 aromatic carbocycles. The molecule has 3 aliphatic heterocycles. The topological polar surface area (TPSA) is 84.9 Å². The zero-order chi connectivity index (χ0) is 21.3. The summed E-state index contributed by atoms with van der Waals surface area (Å²) in [5, 5.41) is 0.674. The van der Waals surface area contributed by atoms with Crippen LogP contribution in [0.5, 0.6) is 5.75 Å². The predicted octanol–water partition coefficient (Wildman–Crippen LogP) is 2.68. The number of nitrogens with one attached hydrogen (secondary N) is 1. The van der Waals surface area contributed by atoms with Crippen LogP contribution in [0.3, 0.4) is 0 Å². The summed E-state index contributed by atoms with van der Waals surface area (Å²) in [6, 6.07) is 4.88. The number of benzene rings is 1. The number of hydrogen-bond donors (Lipinski definition) is 1. The molecule has 30 heavy (non-hydrogen) atoms. The Morgan fingerprint density at radius 2 is 1.93 bits per heavy atom. The fraction of sp³-hybridized carbons (Fsp3) is 0.667. The van der Waals surface area contributed by atoms with Crippen molar-refractivity contribution in [1.82, 2.24) is 9.62 Å². The van der Waals surface area contributed by atoms with Gasteiger partial charge in [-0.15, -0.1) is 0 Å². The van der Waals surface area contributed by atoms with Gasteiger partial charge < -0.3 is 14.4 Å². The Kier molecular flexibility index (Phi) is 6.58. The van der Waals surface area contributed by atoms with Gasteiger partial charge in [0.1, 0.15) is 5.75 Å². The van der Waals surface area contributed by atoms with Crippen LogP contribution in [-0.4, -0.2) is 63.4 Å². The normalized spacial score (nSPS) is 30.3. The zero-order valence-electron chi connectivity index (χ0n) is 17.2. The summed E-state index contributed by atoms with van der Waals surface area (Å²) >= 11 is 6.51. The van der Waals surface area contributed by atoms with E-state index >= 15 is 0 Å². The molecular weight excluding hydrogens is 428 g/mol. The van der Waals surface area contributed by atoms with Crippen LogP contribution in [0.1, 0.15) is 50.0 Å². The Morgan fingerprint density at radius 3 is 2.67 bits per heavy atom. The van der Waals surface area contributed by atoms with Crippen molar-refractivity contribution in [1.29, 1.82) is 0 Å². The van der Waals surface area contributed by atoms with Crippen LogP contribution in [0.15, 0.2) is 18.2 Å². The minimum absolute atomic E-state index is 0.103. The lowest BCUT2D eigenvalue weighted by Crippen LogP contribution is -2.59. The number of hydrogen-bond acceptors (Lipinski definition) is 5. The molecule has 166 valence electrons. The van der Waals surface area contributed by atoms with Gasteiger partial charge >= 0.3 is 0 Å². The molecule has 1 aliphatic carbocycles. The molecule has 0 radical (unpaired) electrons. The highest BCUT2D eigenvalue weighted by Crippen LogP contribution is 2.42. The number of sulfonamides is 1. The molecule has 2 fully saturated rings. The van der Waals surface area contributed by atoms with Crippen LogP contribution in [0.2, 0.25) is 5.02 Å². The summed E-state index contributed by atoms with van der Waals surface area (Å²) in [6.45, 7) is 0.779. The summed E-state index contributed by atoms with van der Waals surface area (Å²) in [7, 11) is -3.39. The average molecular weight is 457 g/mol. The van der Waals surface area contributed by atoms with E-state index in [0.29, 0.717) is 30.3 Å². The minimum Gasteiger partial charge on any atom is -0.483 e. The molecule has 1 aromatic rings. The van der Waals surface area contributed by atoms with Crippen LogP contribution in [-0.2, 0) is 19.6 Å². The lowest BCUT2D eigenvalue weighted by Gasteiger charge is -2.41. The molecule has 0 unspecified atom stereocenters. The lowest BCUT2D eigenvalue weighted by molar-refractivity contribution is -0.140. The molecule has 0 spiro atoms. The molecule has 4 aliphatic rings. The van der Waals surface area contributed by atoms with Gasteiger partial charge in [-0.2, -0.15) is 0 Å². The second kappa shape index (κ2) is 9.02. The number of carbonyl (C=O) groups excluding carboxylic acids is 1. The van der Waals surface area contributed by atoms with Crippen molar-refractivity contribution in [2.24, 2.45) is 0 Å². The maximum Gasteiger partial charge on any atom is 0.260 e. The second-order valence-corrected chi connectivity index (χ2v) is 10.7. The summed E-state index contributed by atoms with van der Waals surface area (Å²) < 4.78 is 38.7. The number of amides is 1. The van der Waals surface area contributed by atoms with E-state index in [-0.39, 0.29) is 36.6 Å². The van der Waals surface area contributed by atoms with E-state index in [1.807, 2.05) is 18.2 Å². The Morgan fingerprint density at radius 1 is 1.17 bits per heavy atom. The van der Waals surface area contributed by atoms with Crippen LogP contribution in [0.4, 0.5) is 0 Å². The molecule has 2 atom stereocenters. The number of ether oxygens (including phenoxy) is 2. The molecule has 9 heteroatoms. The van der Waals surface area contributed by atoms with Gasteiger partial charge in [-0.1, -0.05) is 17.7 Å². The third kappa shape index (κ3) is 4.93. The SMILES string of the molecule is CS(=O)(=O)N[C@H]1CCCN2C(=O)COc3cccc(Cl)c3[C@H]3CC[C@H](CC3)OC[C@@H]12. The number of piperidine rings is 1. The van der Waals surface area contributed by atoms with Crippen molar-refractivity contribution in [3.05, 3.63) is 28.8 Å². The van der Waals surface area contributed by atoms with E-state index < -0.39 is 10.0 Å². The fourth-order valence-electron chi connectivity index (χ4n) is 5.00. The summed E-state index contributed by atoms with van der Waals surface area (Å²) in [6.07, 6.45) is 6.35. The number of rotatable bonds is 2. The van der Waals surface area contributed by atoms with Crippen LogP contribution in [0, 0.1) is 0 Å². The van der Waals surface area contributed by atoms with Crippen molar-refractivity contribution in [3.63, 3.8) is 0 Å². The summed E-state index contributed by atoms with van der Waals surface area (Å²) in [4.78, 5) is 14.8. The van der Waals surface area contributed by atoms with Crippen molar-refractivity contribution in [3.8, 4) is 5.75 Å². The first-order valence-electron chi connectivity index (χ1n) is 10.6. The van der Waals surface area contributed by atoms with Crippen LogP contribution in [0.25, 0.3) is 0 Å². The smallest absolute Gasteiger partial charge is 0.260 e. The first kappa shape index (κ1) is 21.9. The van der Waals surface area contributed by atoms with Gasteiger partial charge in [0.25, 0.3) is 5.91 Å². The molecule has 1 N–H and O–H groups in total. The molecule has 1 saturated carbocycles. The number of halogens is 1. The molecule has 2 bridgehead atoms. The van der Waals surface area contributed by atoms with Crippen molar-refractivity contribution in [2.75, 3.05) is 26.0 Å². The van der Waals surface area contributed by atoms with Crippen LogP contribution >= 0.6 is 11.6 Å². The van der Waals surface area contributed by atoms with Crippen molar-refractivity contribution >= 4 is 27.5 Å². The molecule has 0 aromatic heterocycles. The van der Waals surface area contributed by atoms with Gasteiger partial charge in [0, 0.05) is 23.2 Å². The highest BCUT2D eigenvalue weighted by Gasteiger charge is 2.37. The van der Waals surface area contributed by atoms with Gasteiger partial charge in [-0.05, 0) is 56.6 Å². The number of fused-ring (bicyclic) bond motifs is 5. The molecule has 7 nitrogen and oxygen atoms in total. The van der Waals surface area contributed by atoms with E-state index in [1.165, 1.54) is 0 Å². The molecule has 1 saturated heterocycles. The highest BCUT2D eigenvalue weighted by atomic mass is 35.5. The number of nitrogens with zero attached hydrogens (tertiary/aromatic N) is 1. The number of carbonyl (C=O) groups is 1. The molecule has 5 rings (SSSR count). The Bertz CT molecular complexity index is 885. The summed E-state index contributed by atoms with van der Waals surface area (Å²) in [5.74, 6) is 0.784. The lowest BCUT2D eigenvalue weighted by atomic mass is 9.82. The largest absolute Gasteiger partial charge is 0.483 e. The molecular formula is C21H29ClN2O5S. The standard InChI is InChI=1S/C21H29ClN2O5S/c1-30(26,27)23-17-5-3-11-24-18(17)12-28-15-9-7-14(8-10-15)21-16(22)4-2-6-19(21)29-13-20(24)25/h2,4,6,14-15,17-18,23H,3,5,7-13H2,1H3/t14-,15+,17-,18-/m0/s1. The van der Waals surface area contributed by atoms with Gasteiger partial charge in [-0.3, -0.25) is 4.79 Å². The predicted molar refractivity (Wildman–Crippen MR) is 114 cm³/mol. The Labute approximate surface area is 183 Å².